The molecule has 3 heterocycles. The van der Waals surface area contributed by atoms with Gasteiger partial charge in [-0.05, 0) is 38.0 Å². The second-order valence-electron chi connectivity index (χ2n) is 6.56. The monoisotopic (exact) mass is 388 g/mol. The van der Waals surface area contributed by atoms with Crippen LogP contribution in [0.1, 0.15) is 19.8 Å². The molecule has 4 rings (SSSR count). The molecular weight excluding hydrogens is 368 g/mol. The second kappa shape index (κ2) is 7.07. The molecule has 27 heavy (non-hydrogen) atoms. The lowest BCUT2D eigenvalue weighted by molar-refractivity contribution is -0.137. The molecule has 9 heteroatoms. The maximum absolute atomic E-state index is 12.7. The number of ether oxygens (including phenoxy) is 2. The fraction of sp³-hybridized carbons (Fsp3) is 0.389. The van der Waals surface area contributed by atoms with E-state index in [1.54, 1.807) is 11.8 Å². The maximum atomic E-state index is 12.7. The number of fused-ring (bicyclic) bond motifs is 1. The summed E-state index contributed by atoms with van der Waals surface area (Å²) in [6.45, 7) is 2.55. The van der Waals surface area contributed by atoms with Gasteiger partial charge in [0.15, 0.2) is 16.6 Å². The number of amides is 2. The number of nitrogens with two attached hydrogens (primary N) is 1. The van der Waals surface area contributed by atoms with E-state index in [4.69, 9.17) is 15.2 Å². The molecule has 2 aliphatic heterocycles. The average Bonchev–Trinajstić information content (AvgIpc) is 3.39. The Balaban J connectivity index is 1.44. The Morgan fingerprint density at radius 1 is 1.37 bits per heavy atom. The molecule has 0 radical (unpaired) electrons. The van der Waals surface area contributed by atoms with Gasteiger partial charge in [-0.25, -0.2) is 4.98 Å². The van der Waals surface area contributed by atoms with Crippen LogP contribution in [-0.4, -0.2) is 47.1 Å². The molecular formula is C18H20N4O4S. The van der Waals surface area contributed by atoms with Crippen molar-refractivity contribution in [3.63, 3.8) is 0 Å². The minimum atomic E-state index is -0.512. The molecule has 8 nitrogen and oxygen atoms in total. The molecule has 142 valence electrons. The number of rotatable bonds is 5. The van der Waals surface area contributed by atoms with Crippen molar-refractivity contribution in [2.24, 2.45) is 5.73 Å². The van der Waals surface area contributed by atoms with E-state index >= 15 is 0 Å². The first kappa shape index (κ1) is 17.6. The molecule has 2 aliphatic rings. The Morgan fingerprint density at radius 3 is 3.00 bits per heavy atom. The van der Waals surface area contributed by atoms with Crippen molar-refractivity contribution < 1.29 is 19.1 Å². The summed E-state index contributed by atoms with van der Waals surface area (Å²) in [5, 5.41) is 5.68. The Hall–Kier alpha value is -2.81. The van der Waals surface area contributed by atoms with E-state index in [2.05, 4.69) is 10.3 Å². The molecule has 1 aromatic heterocycles. The first-order chi connectivity index (χ1) is 13.0. The van der Waals surface area contributed by atoms with Gasteiger partial charge in [0.1, 0.15) is 12.1 Å². The van der Waals surface area contributed by atoms with Crippen LogP contribution in [-0.2, 0) is 9.59 Å². The predicted octanol–water partition coefficient (Wildman–Crippen LogP) is 1.82. The Labute approximate surface area is 160 Å². The minimum Gasteiger partial charge on any atom is -0.454 e. The van der Waals surface area contributed by atoms with E-state index in [0.29, 0.717) is 23.8 Å². The number of nitrogens with zero attached hydrogens (tertiary/aromatic N) is 2. The Morgan fingerprint density at radius 2 is 2.19 bits per heavy atom. The van der Waals surface area contributed by atoms with E-state index in [0.717, 1.165) is 23.4 Å². The number of anilines is 1. The lowest BCUT2D eigenvalue weighted by atomic mass is 10.1. The molecule has 0 spiro atoms. The fourth-order valence-electron chi connectivity index (χ4n) is 3.35. The highest BCUT2D eigenvalue weighted by molar-refractivity contribution is 7.14. The largest absolute Gasteiger partial charge is 0.454 e. The number of likely N-dealkylation sites (tertiary alicyclic amines) is 1. The molecule has 0 aliphatic carbocycles. The van der Waals surface area contributed by atoms with Crippen LogP contribution in [0.3, 0.4) is 0 Å². The maximum Gasteiger partial charge on any atom is 0.245 e. The molecule has 0 unspecified atom stereocenters. The van der Waals surface area contributed by atoms with Gasteiger partial charge in [-0.3, -0.25) is 9.59 Å². The van der Waals surface area contributed by atoms with Crippen molar-refractivity contribution in [2.75, 3.05) is 18.7 Å². The standard InChI is InChI=1S/C18H20N4O4S/c1-10(17(24)22-6-2-3-13(22)16(19)23)20-18-21-12(8-27-18)11-4-5-14-15(7-11)26-9-25-14/h4-5,7-8,10,13H,2-3,6,9H2,1H3,(H2,19,23)(H,20,21)/t10-,13-/m0/s1. The molecule has 2 aromatic rings. The topological polar surface area (TPSA) is 107 Å². The van der Waals surface area contributed by atoms with Gasteiger partial charge in [0.25, 0.3) is 0 Å². The number of primary amides is 1. The number of hydrogen-bond donors (Lipinski definition) is 2. The minimum absolute atomic E-state index is 0.142. The molecule has 0 saturated carbocycles. The van der Waals surface area contributed by atoms with Gasteiger partial charge in [-0.2, -0.15) is 0 Å². The van der Waals surface area contributed by atoms with Crippen molar-refractivity contribution in [2.45, 2.75) is 31.8 Å². The number of carbonyl (C=O) groups excluding carboxylic acids is 2. The van der Waals surface area contributed by atoms with Crippen LogP contribution in [0.2, 0.25) is 0 Å². The molecule has 1 saturated heterocycles. The third-order valence-corrected chi connectivity index (χ3v) is 5.52. The smallest absolute Gasteiger partial charge is 0.245 e. The zero-order chi connectivity index (χ0) is 19.0. The van der Waals surface area contributed by atoms with E-state index < -0.39 is 18.0 Å². The van der Waals surface area contributed by atoms with Gasteiger partial charge in [0.2, 0.25) is 18.6 Å². The van der Waals surface area contributed by atoms with Crippen LogP contribution in [0.25, 0.3) is 11.3 Å². The van der Waals surface area contributed by atoms with Crippen LogP contribution in [0, 0.1) is 0 Å². The third-order valence-electron chi connectivity index (χ3n) is 4.75. The number of carbonyl (C=O) groups is 2. The Bertz CT molecular complexity index is 884. The van der Waals surface area contributed by atoms with Crippen molar-refractivity contribution >= 4 is 28.3 Å². The fourth-order valence-corrected chi connectivity index (χ4v) is 4.16. The van der Waals surface area contributed by atoms with E-state index in [1.807, 2.05) is 23.6 Å². The first-order valence-electron chi connectivity index (χ1n) is 8.75. The predicted molar refractivity (Wildman–Crippen MR) is 101 cm³/mol. The average molecular weight is 388 g/mol. The number of aromatic nitrogens is 1. The van der Waals surface area contributed by atoms with Gasteiger partial charge >= 0.3 is 0 Å². The van der Waals surface area contributed by atoms with Gasteiger partial charge in [0.05, 0.1) is 5.69 Å². The highest BCUT2D eigenvalue weighted by atomic mass is 32.1. The molecule has 2 atom stereocenters. The normalized spacial score (nSPS) is 19.1. The lowest BCUT2D eigenvalue weighted by Crippen LogP contribution is -2.48. The van der Waals surface area contributed by atoms with Crippen molar-refractivity contribution in [3.05, 3.63) is 23.6 Å². The molecule has 1 fully saturated rings. The third kappa shape index (κ3) is 3.42. The van der Waals surface area contributed by atoms with Crippen LogP contribution in [0.15, 0.2) is 23.6 Å². The summed E-state index contributed by atoms with van der Waals surface area (Å²) in [7, 11) is 0. The summed E-state index contributed by atoms with van der Waals surface area (Å²) in [4.78, 5) is 30.3. The van der Waals surface area contributed by atoms with Gasteiger partial charge in [-0.15, -0.1) is 11.3 Å². The summed E-state index contributed by atoms with van der Waals surface area (Å²) >= 11 is 1.42. The number of benzene rings is 1. The number of thiazole rings is 1. The summed E-state index contributed by atoms with van der Waals surface area (Å²) in [5.74, 6) is 0.828. The van der Waals surface area contributed by atoms with E-state index in [9.17, 15) is 9.59 Å². The Kier molecular flexibility index (Phi) is 4.61. The number of hydrogen-bond acceptors (Lipinski definition) is 7. The van der Waals surface area contributed by atoms with Gasteiger partial charge < -0.3 is 25.4 Å². The zero-order valence-corrected chi connectivity index (χ0v) is 15.6. The van der Waals surface area contributed by atoms with Gasteiger partial charge in [-0.1, -0.05) is 0 Å². The van der Waals surface area contributed by atoms with E-state index in [-0.39, 0.29) is 12.7 Å². The first-order valence-corrected chi connectivity index (χ1v) is 9.63. The van der Waals surface area contributed by atoms with E-state index in [1.165, 1.54) is 11.3 Å². The van der Waals surface area contributed by atoms with Crippen LogP contribution >= 0.6 is 11.3 Å². The summed E-state index contributed by atoms with van der Waals surface area (Å²) in [6.07, 6.45) is 1.41. The highest BCUT2D eigenvalue weighted by Crippen LogP contribution is 2.36. The van der Waals surface area contributed by atoms with Crippen molar-refractivity contribution in [1.29, 1.82) is 0 Å². The second-order valence-corrected chi connectivity index (χ2v) is 7.42. The van der Waals surface area contributed by atoms with Crippen LogP contribution in [0.5, 0.6) is 11.5 Å². The number of nitrogens with one attached hydrogen (secondary N) is 1. The molecule has 0 bridgehead atoms. The van der Waals surface area contributed by atoms with Crippen molar-refractivity contribution in [1.82, 2.24) is 9.88 Å². The van der Waals surface area contributed by atoms with Crippen molar-refractivity contribution in [3.8, 4) is 22.8 Å². The van der Waals surface area contributed by atoms with Crippen LogP contribution in [0.4, 0.5) is 5.13 Å². The van der Waals surface area contributed by atoms with Gasteiger partial charge in [0, 0.05) is 17.5 Å². The summed E-state index contributed by atoms with van der Waals surface area (Å²) in [5.41, 5.74) is 7.10. The zero-order valence-electron chi connectivity index (χ0n) is 14.8. The quantitative estimate of drug-likeness (QED) is 0.809. The highest BCUT2D eigenvalue weighted by Gasteiger charge is 2.34. The summed E-state index contributed by atoms with van der Waals surface area (Å²) < 4.78 is 10.7. The van der Waals surface area contributed by atoms with Crippen LogP contribution < -0.4 is 20.5 Å². The molecule has 2 amide bonds. The lowest BCUT2D eigenvalue weighted by Gasteiger charge is -2.25. The SMILES string of the molecule is C[C@H](Nc1nc(-c2ccc3c(c2)OCO3)cs1)C(=O)N1CCC[C@H]1C(N)=O. The molecule has 1 aromatic carbocycles. The summed E-state index contributed by atoms with van der Waals surface area (Å²) in [6, 6.07) is 4.65. The molecule has 3 N–H and O–H groups in total.